The molecule has 0 unspecified atom stereocenters. The Morgan fingerprint density at radius 3 is 2.33 bits per heavy atom. The number of hydroxylamine groups is 1. The molecule has 0 bridgehead atoms. The average molecular weight is 278 g/mol. The molecule has 0 radical (unpaired) electrons. The summed E-state index contributed by atoms with van der Waals surface area (Å²) in [6, 6.07) is 0. The maximum Gasteiger partial charge on any atom is 0.264 e. The number of hydrogen-bond acceptors (Lipinski definition) is 5. The van der Waals surface area contributed by atoms with E-state index in [1.807, 2.05) is 0 Å². The summed E-state index contributed by atoms with van der Waals surface area (Å²) in [5.74, 6) is 0. The van der Waals surface area contributed by atoms with Gasteiger partial charge in [0.1, 0.15) is 6.54 Å². The van der Waals surface area contributed by atoms with Crippen molar-refractivity contribution in [1.29, 1.82) is 0 Å². The second-order valence-corrected chi connectivity index (χ2v) is 5.64. The summed E-state index contributed by atoms with van der Waals surface area (Å²) in [5.41, 5.74) is 0. The van der Waals surface area contributed by atoms with Gasteiger partial charge in [-0.1, -0.05) is 30.5 Å². The Morgan fingerprint density at radius 2 is 1.78 bits per heavy atom. The van der Waals surface area contributed by atoms with Crippen molar-refractivity contribution in [3.63, 3.8) is 0 Å². The summed E-state index contributed by atoms with van der Waals surface area (Å²) in [5, 5.41) is 14.4. The lowest BCUT2D eigenvalue weighted by molar-refractivity contribution is -0.458. The minimum atomic E-state index is -3.29. The van der Waals surface area contributed by atoms with Crippen LogP contribution in [0.4, 0.5) is 0 Å². The van der Waals surface area contributed by atoms with Gasteiger partial charge in [-0.15, -0.1) is 0 Å². The summed E-state index contributed by atoms with van der Waals surface area (Å²) in [4.78, 5) is 0.475. The molecular formula is C11H22N2O4S. The van der Waals surface area contributed by atoms with Crippen LogP contribution in [-0.2, 0) is 14.3 Å². The zero-order valence-corrected chi connectivity index (χ0v) is 11.7. The zero-order chi connectivity index (χ0) is 13.9. The zero-order valence-electron chi connectivity index (χ0n) is 10.9. The fourth-order valence-corrected chi connectivity index (χ4v) is 1.78. The molecule has 0 heterocycles. The van der Waals surface area contributed by atoms with Crippen molar-refractivity contribution in [2.45, 2.75) is 38.5 Å². The summed E-state index contributed by atoms with van der Waals surface area (Å²) < 4.78 is 25.9. The normalized spacial score (nSPS) is 12.6. The molecule has 0 rings (SSSR count). The third kappa shape index (κ3) is 13.1. The van der Waals surface area contributed by atoms with Gasteiger partial charge in [0.2, 0.25) is 6.20 Å². The number of azo groups is 1. The standard InChI is InChI=1S/C11H22N2O4S/c1-3-13(14)12-10-8-6-4-5-7-9-11-17-18(2,15)16/h3H,1,4-11H2,2H3. The Morgan fingerprint density at radius 1 is 1.22 bits per heavy atom. The van der Waals surface area contributed by atoms with E-state index in [9.17, 15) is 13.6 Å². The quantitative estimate of drug-likeness (QED) is 0.191. The largest absolute Gasteiger partial charge is 0.595 e. The van der Waals surface area contributed by atoms with E-state index in [1.54, 1.807) is 0 Å². The predicted molar refractivity (Wildman–Crippen MR) is 69.6 cm³/mol. The molecule has 0 N–H and O–H groups in total. The third-order valence-electron chi connectivity index (χ3n) is 2.25. The fraction of sp³-hybridized carbons (Fsp3) is 0.818. The fourth-order valence-electron chi connectivity index (χ4n) is 1.36. The Kier molecular flexibility index (Phi) is 9.49. The van der Waals surface area contributed by atoms with Crippen molar-refractivity contribution >= 4 is 10.1 Å². The van der Waals surface area contributed by atoms with Crippen LogP contribution in [0.25, 0.3) is 0 Å². The molecule has 0 saturated heterocycles. The molecule has 0 fully saturated rings. The van der Waals surface area contributed by atoms with Gasteiger partial charge in [-0.25, -0.2) is 0 Å². The smallest absolute Gasteiger partial charge is 0.264 e. The minimum Gasteiger partial charge on any atom is -0.595 e. The molecule has 0 atom stereocenters. The highest BCUT2D eigenvalue weighted by Gasteiger charge is 2.00. The number of hydrogen-bond donors (Lipinski definition) is 0. The van der Waals surface area contributed by atoms with Gasteiger partial charge >= 0.3 is 0 Å². The van der Waals surface area contributed by atoms with Crippen LogP contribution in [0.2, 0.25) is 0 Å². The van der Waals surface area contributed by atoms with E-state index in [1.165, 1.54) is 0 Å². The molecule has 0 aliphatic heterocycles. The third-order valence-corrected chi connectivity index (χ3v) is 2.84. The SMILES string of the molecule is C=C[N+]([O-])=NCCCCCCCCOS(C)(=O)=O. The Labute approximate surface area is 109 Å². The van der Waals surface area contributed by atoms with Crippen LogP contribution in [-0.4, -0.2) is 32.7 Å². The van der Waals surface area contributed by atoms with Gasteiger partial charge in [-0.05, 0) is 24.5 Å². The topological polar surface area (TPSA) is 81.8 Å². The highest BCUT2D eigenvalue weighted by molar-refractivity contribution is 7.85. The van der Waals surface area contributed by atoms with Crippen molar-refractivity contribution in [2.75, 3.05) is 19.4 Å². The number of nitrogens with zero attached hydrogens (tertiary/aromatic N) is 2. The van der Waals surface area contributed by atoms with Crippen LogP contribution in [0.3, 0.4) is 0 Å². The van der Waals surface area contributed by atoms with Crippen LogP contribution in [0, 0.1) is 5.21 Å². The second-order valence-electron chi connectivity index (χ2n) is 4.00. The van der Waals surface area contributed by atoms with Gasteiger partial charge in [-0.3, -0.25) is 4.18 Å². The van der Waals surface area contributed by atoms with Gasteiger partial charge in [0.15, 0.2) is 0 Å². The molecule has 0 aliphatic carbocycles. The van der Waals surface area contributed by atoms with Crippen LogP contribution in [0.1, 0.15) is 38.5 Å². The highest BCUT2D eigenvalue weighted by atomic mass is 32.2. The van der Waals surface area contributed by atoms with Crippen molar-refractivity contribution in [1.82, 2.24) is 0 Å². The van der Waals surface area contributed by atoms with E-state index in [0.29, 0.717) is 11.4 Å². The Hall–Kier alpha value is -0.950. The Bertz CT molecular complexity index is 352. The maximum absolute atomic E-state index is 10.7. The summed E-state index contributed by atoms with van der Waals surface area (Å²) in [6.07, 6.45) is 7.88. The van der Waals surface area contributed by atoms with Gasteiger partial charge in [0.25, 0.3) is 10.1 Å². The van der Waals surface area contributed by atoms with Crippen molar-refractivity contribution in [2.24, 2.45) is 5.11 Å². The van der Waals surface area contributed by atoms with Crippen LogP contribution in [0.15, 0.2) is 17.9 Å². The summed E-state index contributed by atoms with van der Waals surface area (Å²) in [6.45, 7) is 4.08. The van der Waals surface area contributed by atoms with Gasteiger partial charge in [0, 0.05) is 0 Å². The predicted octanol–water partition coefficient (Wildman–Crippen LogP) is 2.41. The van der Waals surface area contributed by atoms with E-state index in [-0.39, 0.29) is 6.61 Å². The van der Waals surface area contributed by atoms with Crippen LogP contribution >= 0.6 is 0 Å². The van der Waals surface area contributed by atoms with Crippen LogP contribution in [0.5, 0.6) is 0 Å². The van der Waals surface area contributed by atoms with Crippen LogP contribution < -0.4 is 0 Å². The minimum absolute atomic E-state index is 0.263. The lowest BCUT2D eigenvalue weighted by Gasteiger charge is -2.01. The molecular weight excluding hydrogens is 256 g/mol. The monoisotopic (exact) mass is 278 g/mol. The van der Waals surface area contributed by atoms with Crippen molar-refractivity contribution < 1.29 is 17.5 Å². The molecule has 0 saturated carbocycles. The summed E-state index contributed by atoms with van der Waals surface area (Å²) >= 11 is 0. The average Bonchev–Trinajstić information content (AvgIpc) is 2.29. The van der Waals surface area contributed by atoms with E-state index in [2.05, 4.69) is 15.9 Å². The van der Waals surface area contributed by atoms with E-state index in [0.717, 1.165) is 51.0 Å². The molecule has 0 amide bonds. The molecule has 0 spiro atoms. The first-order valence-corrected chi connectivity index (χ1v) is 7.88. The van der Waals surface area contributed by atoms with E-state index in [4.69, 9.17) is 0 Å². The summed E-state index contributed by atoms with van der Waals surface area (Å²) in [7, 11) is -3.29. The molecule has 18 heavy (non-hydrogen) atoms. The lowest BCUT2D eigenvalue weighted by Crippen LogP contribution is -2.03. The first-order valence-electron chi connectivity index (χ1n) is 6.06. The molecule has 0 aromatic carbocycles. The van der Waals surface area contributed by atoms with Gasteiger partial charge < -0.3 is 5.21 Å². The molecule has 106 valence electrons. The van der Waals surface area contributed by atoms with E-state index < -0.39 is 10.1 Å². The highest BCUT2D eigenvalue weighted by Crippen LogP contribution is 2.06. The Balaban J connectivity index is 3.24. The molecule has 6 nitrogen and oxygen atoms in total. The van der Waals surface area contributed by atoms with Crippen molar-refractivity contribution in [3.8, 4) is 0 Å². The molecule has 0 aliphatic rings. The number of rotatable bonds is 11. The molecule has 0 aromatic rings. The maximum atomic E-state index is 10.7. The second kappa shape index (κ2) is 10.0. The van der Waals surface area contributed by atoms with E-state index >= 15 is 0 Å². The first-order chi connectivity index (χ1) is 8.45. The number of unbranched alkanes of at least 4 members (excludes halogenated alkanes) is 5. The van der Waals surface area contributed by atoms with Gasteiger partial charge in [-0.2, -0.15) is 8.42 Å². The lowest BCUT2D eigenvalue weighted by atomic mass is 10.1. The first kappa shape index (κ1) is 17.1. The molecule has 0 aromatic heterocycles. The van der Waals surface area contributed by atoms with Gasteiger partial charge in [0.05, 0.1) is 12.9 Å². The van der Waals surface area contributed by atoms with Crippen molar-refractivity contribution in [3.05, 3.63) is 18.0 Å². The molecule has 7 heteroatoms.